The van der Waals surface area contributed by atoms with Gasteiger partial charge in [-0.2, -0.15) is 0 Å². The number of carbonyl (C=O) groups is 2. The summed E-state index contributed by atoms with van der Waals surface area (Å²) in [6.07, 6.45) is 0.473. The van der Waals surface area contributed by atoms with E-state index in [1.54, 1.807) is 48.5 Å². The van der Waals surface area contributed by atoms with Crippen LogP contribution in [0.4, 0.5) is 5.69 Å². The van der Waals surface area contributed by atoms with Crippen LogP contribution in [0.3, 0.4) is 0 Å². The van der Waals surface area contributed by atoms with Crippen molar-refractivity contribution in [2.24, 2.45) is 0 Å². The molecular formula is C18H17N5O4. The molecule has 1 aromatic heterocycles. The van der Waals surface area contributed by atoms with Crippen molar-refractivity contribution >= 4 is 17.6 Å². The van der Waals surface area contributed by atoms with E-state index in [0.29, 0.717) is 22.7 Å². The lowest BCUT2D eigenvalue weighted by Gasteiger charge is -2.14. The Bertz CT molecular complexity index is 925. The maximum absolute atomic E-state index is 12.2. The second-order valence-electron chi connectivity index (χ2n) is 5.57. The Morgan fingerprint density at radius 2 is 1.93 bits per heavy atom. The zero-order valence-electron chi connectivity index (χ0n) is 14.7. The third-order valence-corrected chi connectivity index (χ3v) is 3.71. The van der Waals surface area contributed by atoms with Crippen LogP contribution in [-0.4, -0.2) is 45.3 Å². The maximum Gasteiger partial charge on any atom is 0.338 e. The summed E-state index contributed by atoms with van der Waals surface area (Å²) in [6.45, 7) is 1.50. The van der Waals surface area contributed by atoms with Gasteiger partial charge < -0.3 is 14.8 Å². The molecule has 0 aliphatic rings. The SMILES string of the molecule is COc1cccc(NC(=O)[C@H](C)OC(=O)c2ccc(-n3cnnn3)cc2)c1. The van der Waals surface area contributed by atoms with Gasteiger partial charge in [-0.3, -0.25) is 4.79 Å². The summed E-state index contributed by atoms with van der Waals surface area (Å²) >= 11 is 0. The van der Waals surface area contributed by atoms with Crippen molar-refractivity contribution in [2.75, 3.05) is 12.4 Å². The van der Waals surface area contributed by atoms with Crippen molar-refractivity contribution < 1.29 is 19.1 Å². The van der Waals surface area contributed by atoms with Crippen LogP contribution in [0, 0.1) is 0 Å². The molecule has 27 heavy (non-hydrogen) atoms. The maximum atomic E-state index is 12.2. The standard InChI is InChI=1S/C18H17N5O4/c1-12(17(24)20-14-4-3-5-16(10-14)26-2)27-18(25)13-6-8-15(9-7-13)23-11-19-21-22-23/h3-12H,1-2H3,(H,20,24)/t12-/m0/s1. The number of nitrogens with zero attached hydrogens (tertiary/aromatic N) is 4. The van der Waals surface area contributed by atoms with Crippen LogP contribution in [0.5, 0.6) is 5.75 Å². The average molecular weight is 367 g/mol. The Morgan fingerprint density at radius 3 is 2.59 bits per heavy atom. The van der Waals surface area contributed by atoms with Gasteiger partial charge in [0.05, 0.1) is 18.4 Å². The lowest BCUT2D eigenvalue weighted by Crippen LogP contribution is -2.30. The zero-order valence-corrected chi connectivity index (χ0v) is 14.7. The summed E-state index contributed by atoms with van der Waals surface area (Å²) in [7, 11) is 1.54. The van der Waals surface area contributed by atoms with E-state index in [0.717, 1.165) is 0 Å². The highest BCUT2D eigenvalue weighted by Gasteiger charge is 2.19. The number of esters is 1. The summed E-state index contributed by atoms with van der Waals surface area (Å²) in [4.78, 5) is 24.5. The normalized spacial score (nSPS) is 11.5. The molecule has 9 heteroatoms. The fourth-order valence-corrected chi connectivity index (χ4v) is 2.26. The van der Waals surface area contributed by atoms with Crippen LogP contribution in [0.15, 0.2) is 54.9 Å². The number of carbonyl (C=O) groups excluding carboxylic acids is 2. The Labute approximate surface area is 154 Å². The van der Waals surface area contributed by atoms with Gasteiger partial charge in [0, 0.05) is 11.8 Å². The van der Waals surface area contributed by atoms with Gasteiger partial charge in [-0.05, 0) is 53.7 Å². The predicted molar refractivity (Wildman–Crippen MR) is 95.7 cm³/mol. The molecule has 1 atom stereocenters. The summed E-state index contributed by atoms with van der Waals surface area (Å²) in [6, 6.07) is 13.4. The van der Waals surface area contributed by atoms with Gasteiger partial charge in [-0.15, -0.1) is 5.10 Å². The molecular weight excluding hydrogens is 350 g/mol. The number of tetrazole rings is 1. The van der Waals surface area contributed by atoms with Gasteiger partial charge in [0.2, 0.25) is 0 Å². The largest absolute Gasteiger partial charge is 0.497 e. The highest BCUT2D eigenvalue weighted by molar-refractivity contribution is 5.97. The first-order chi connectivity index (χ1) is 13.1. The topological polar surface area (TPSA) is 108 Å². The molecule has 0 aliphatic carbocycles. The van der Waals surface area contributed by atoms with E-state index in [2.05, 4.69) is 20.8 Å². The van der Waals surface area contributed by atoms with E-state index in [9.17, 15) is 9.59 Å². The van der Waals surface area contributed by atoms with E-state index in [-0.39, 0.29) is 0 Å². The van der Waals surface area contributed by atoms with Crippen molar-refractivity contribution in [1.29, 1.82) is 0 Å². The molecule has 2 aromatic carbocycles. The highest BCUT2D eigenvalue weighted by atomic mass is 16.5. The Kier molecular flexibility index (Phi) is 5.41. The van der Waals surface area contributed by atoms with Gasteiger partial charge in [0.25, 0.3) is 5.91 Å². The second-order valence-corrected chi connectivity index (χ2v) is 5.57. The van der Waals surface area contributed by atoms with Crippen LogP contribution in [0.1, 0.15) is 17.3 Å². The molecule has 1 amide bonds. The summed E-state index contributed by atoms with van der Waals surface area (Å²) in [5, 5.41) is 13.5. The first kappa shape index (κ1) is 18.1. The van der Waals surface area contributed by atoms with E-state index in [1.807, 2.05) is 0 Å². The van der Waals surface area contributed by atoms with Gasteiger partial charge in [0.15, 0.2) is 6.10 Å². The molecule has 0 saturated heterocycles. The third kappa shape index (κ3) is 4.46. The molecule has 0 fully saturated rings. The van der Waals surface area contributed by atoms with Gasteiger partial charge >= 0.3 is 5.97 Å². The number of benzene rings is 2. The molecule has 0 unspecified atom stereocenters. The fourth-order valence-electron chi connectivity index (χ4n) is 2.26. The van der Waals surface area contributed by atoms with Crippen molar-refractivity contribution in [3.8, 4) is 11.4 Å². The molecule has 1 N–H and O–H groups in total. The molecule has 0 spiro atoms. The lowest BCUT2D eigenvalue weighted by molar-refractivity contribution is -0.123. The lowest BCUT2D eigenvalue weighted by atomic mass is 10.2. The molecule has 0 radical (unpaired) electrons. The summed E-state index contributed by atoms with van der Waals surface area (Å²) < 4.78 is 11.8. The number of hydrogen-bond acceptors (Lipinski definition) is 7. The number of methoxy groups -OCH3 is 1. The molecule has 3 rings (SSSR count). The quantitative estimate of drug-likeness (QED) is 0.662. The summed E-state index contributed by atoms with van der Waals surface area (Å²) in [5.74, 6) is -0.436. The third-order valence-electron chi connectivity index (χ3n) is 3.71. The monoisotopic (exact) mass is 367 g/mol. The van der Waals surface area contributed by atoms with E-state index in [1.165, 1.54) is 25.0 Å². The average Bonchev–Trinajstić information content (AvgIpc) is 3.23. The minimum Gasteiger partial charge on any atom is -0.497 e. The molecule has 0 bridgehead atoms. The molecule has 0 saturated carbocycles. The number of ether oxygens (including phenoxy) is 2. The minimum absolute atomic E-state index is 0.313. The first-order valence-electron chi connectivity index (χ1n) is 8.06. The Balaban J connectivity index is 1.60. The smallest absolute Gasteiger partial charge is 0.338 e. The Hall–Kier alpha value is -3.75. The van der Waals surface area contributed by atoms with Crippen LogP contribution >= 0.6 is 0 Å². The molecule has 138 valence electrons. The number of amides is 1. The number of rotatable bonds is 6. The fraction of sp³-hybridized carbons (Fsp3) is 0.167. The molecule has 1 heterocycles. The summed E-state index contributed by atoms with van der Waals surface area (Å²) in [5.41, 5.74) is 1.56. The first-order valence-corrected chi connectivity index (χ1v) is 8.06. The zero-order chi connectivity index (χ0) is 19.2. The van der Waals surface area contributed by atoms with Crippen LogP contribution in [0.25, 0.3) is 5.69 Å². The van der Waals surface area contributed by atoms with Crippen LogP contribution in [-0.2, 0) is 9.53 Å². The molecule has 3 aromatic rings. The van der Waals surface area contributed by atoms with Gasteiger partial charge in [-0.1, -0.05) is 6.07 Å². The van der Waals surface area contributed by atoms with Crippen molar-refractivity contribution in [3.63, 3.8) is 0 Å². The highest BCUT2D eigenvalue weighted by Crippen LogP contribution is 2.17. The van der Waals surface area contributed by atoms with Crippen molar-refractivity contribution in [3.05, 3.63) is 60.4 Å². The number of anilines is 1. The van der Waals surface area contributed by atoms with Gasteiger partial charge in [0.1, 0.15) is 12.1 Å². The van der Waals surface area contributed by atoms with Crippen molar-refractivity contribution in [2.45, 2.75) is 13.0 Å². The van der Waals surface area contributed by atoms with E-state index in [4.69, 9.17) is 9.47 Å². The van der Waals surface area contributed by atoms with Crippen molar-refractivity contribution in [1.82, 2.24) is 20.2 Å². The van der Waals surface area contributed by atoms with E-state index < -0.39 is 18.0 Å². The Morgan fingerprint density at radius 1 is 1.15 bits per heavy atom. The van der Waals surface area contributed by atoms with Crippen LogP contribution in [0.2, 0.25) is 0 Å². The molecule has 0 aliphatic heterocycles. The van der Waals surface area contributed by atoms with E-state index >= 15 is 0 Å². The second kappa shape index (κ2) is 8.09. The number of nitrogens with one attached hydrogen (secondary N) is 1. The minimum atomic E-state index is -0.970. The van der Waals surface area contributed by atoms with Crippen LogP contribution < -0.4 is 10.1 Å². The van der Waals surface area contributed by atoms with Gasteiger partial charge in [-0.25, -0.2) is 9.48 Å². The molecule has 9 nitrogen and oxygen atoms in total. The number of aromatic nitrogens is 4. The predicted octanol–water partition coefficient (Wildman–Crippen LogP) is 1.85. The number of hydrogen-bond donors (Lipinski definition) is 1.